The average molecular weight is 450 g/mol. The first kappa shape index (κ1) is 22.9. The van der Waals surface area contributed by atoms with E-state index in [-0.39, 0.29) is 11.9 Å². The third-order valence-corrected chi connectivity index (χ3v) is 6.66. The number of pyridine rings is 1. The quantitative estimate of drug-likeness (QED) is 0.440. The van der Waals surface area contributed by atoms with Crippen LogP contribution in [0, 0.1) is 0 Å². The van der Waals surface area contributed by atoms with Gasteiger partial charge in [-0.25, -0.2) is 0 Å². The Labute approximate surface area is 184 Å². The summed E-state index contributed by atoms with van der Waals surface area (Å²) in [7, 11) is 4.84. The van der Waals surface area contributed by atoms with Crippen LogP contribution < -0.4 is 5.32 Å². The van der Waals surface area contributed by atoms with Gasteiger partial charge in [0.25, 0.3) is 0 Å². The van der Waals surface area contributed by atoms with Gasteiger partial charge in [0.15, 0.2) is 0 Å². The van der Waals surface area contributed by atoms with Gasteiger partial charge in [-0.3, -0.25) is 14.6 Å². The van der Waals surface area contributed by atoms with Crippen LogP contribution in [0.5, 0.6) is 0 Å². The van der Waals surface area contributed by atoms with E-state index in [2.05, 4.69) is 10.3 Å². The van der Waals surface area contributed by atoms with Crippen LogP contribution in [0.4, 0.5) is 0 Å². The fourth-order valence-electron chi connectivity index (χ4n) is 3.71. The van der Waals surface area contributed by atoms with Crippen molar-refractivity contribution in [1.82, 2.24) is 15.2 Å². The number of carbonyl (C=O) groups is 2. The average Bonchev–Trinajstić information content (AvgIpc) is 3.27. The molecule has 1 aliphatic heterocycles. The van der Waals surface area contributed by atoms with Crippen molar-refractivity contribution in [2.75, 3.05) is 26.6 Å². The fraction of sp³-hybridized carbons (Fsp3) is 0.476. The van der Waals surface area contributed by atoms with E-state index >= 15 is 0 Å². The number of carbonyl (C=O) groups excluding carboxylic acids is 2. The number of amides is 2. The summed E-state index contributed by atoms with van der Waals surface area (Å²) in [6, 6.07) is 6.64. The van der Waals surface area contributed by atoms with E-state index in [1.54, 1.807) is 34.9 Å². The Balaban J connectivity index is 2.08. The lowest BCUT2D eigenvalue weighted by Crippen LogP contribution is -2.47. The Hall–Kier alpha value is -1.81. The number of aromatic nitrogens is 1. The Morgan fingerprint density at radius 3 is 2.97 bits per heavy atom. The van der Waals surface area contributed by atoms with Gasteiger partial charge in [-0.05, 0) is 43.7 Å². The number of ether oxygens (including phenoxy) is 2. The van der Waals surface area contributed by atoms with Crippen LogP contribution in [-0.2, 0) is 19.1 Å². The molecule has 0 spiro atoms. The van der Waals surface area contributed by atoms with Gasteiger partial charge in [-0.1, -0.05) is 33.7 Å². The van der Waals surface area contributed by atoms with Crippen molar-refractivity contribution in [2.45, 2.75) is 43.0 Å². The van der Waals surface area contributed by atoms with Crippen molar-refractivity contribution in [3.63, 3.8) is 0 Å². The van der Waals surface area contributed by atoms with E-state index in [4.69, 9.17) is 9.47 Å². The van der Waals surface area contributed by atoms with E-state index in [9.17, 15) is 9.59 Å². The highest BCUT2D eigenvalue weighted by Gasteiger charge is 2.35. The van der Waals surface area contributed by atoms with Gasteiger partial charge < -0.3 is 19.7 Å². The molecule has 1 aromatic carbocycles. The molecule has 1 aliphatic rings. The Kier molecular flexibility index (Phi) is 8.38. The van der Waals surface area contributed by atoms with Crippen LogP contribution in [-0.4, -0.2) is 61.1 Å². The molecule has 0 saturated carbocycles. The van der Waals surface area contributed by atoms with Crippen molar-refractivity contribution < 1.29 is 19.1 Å². The first-order valence-corrected chi connectivity index (χ1v) is 12.4. The molecule has 2 heterocycles. The second-order valence-electron chi connectivity index (χ2n) is 7.09. The molecule has 30 heavy (non-hydrogen) atoms. The second-order valence-corrected chi connectivity index (χ2v) is 9.53. The molecule has 0 bridgehead atoms. The number of nitrogens with one attached hydrogen (secondary N) is 1. The van der Waals surface area contributed by atoms with E-state index in [0.717, 1.165) is 27.8 Å². The molecular formula is C21H27N3O4S2. The van der Waals surface area contributed by atoms with Crippen LogP contribution in [0.2, 0.25) is 0 Å². The first-order chi connectivity index (χ1) is 14.6. The summed E-state index contributed by atoms with van der Waals surface area (Å²) in [5.74, 6) is -0.266. The Morgan fingerprint density at radius 2 is 2.30 bits per heavy atom. The number of nitrogens with zero attached hydrogens (tertiary/aromatic N) is 2. The number of hydrogen-bond donors (Lipinski definition) is 1. The van der Waals surface area contributed by atoms with Crippen LogP contribution >= 0.6 is 21.6 Å². The molecule has 0 aliphatic carbocycles. The lowest BCUT2D eigenvalue weighted by molar-refractivity contribution is -0.144. The van der Waals surface area contributed by atoms with Crippen molar-refractivity contribution in [1.29, 1.82) is 0 Å². The summed E-state index contributed by atoms with van der Waals surface area (Å²) in [5, 5.41) is 3.82. The molecule has 3 unspecified atom stereocenters. The lowest BCUT2D eigenvalue weighted by Gasteiger charge is -2.33. The Bertz CT molecular complexity index is 876. The molecule has 2 aromatic rings. The molecule has 1 saturated heterocycles. The van der Waals surface area contributed by atoms with Gasteiger partial charge >= 0.3 is 0 Å². The highest BCUT2D eigenvalue weighted by Crippen LogP contribution is 2.38. The zero-order chi connectivity index (χ0) is 21.5. The zero-order valence-electron chi connectivity index (χ0n) is 17.4. The van der Waals surface area contributed by atoms with E-state index < -0.39 is 12.3 Å². The summed E-state index contributed by atoms with van der Waals surface area (Å²) in [4.78, 5) is 32.6. The van der Waals surface area contributed by atoms with Crippen molar-refractivity contribution in [2.24, 2.45) is 0 Å². The molecule has 9 heteroatoms. The number of rotatable bonds is 10. The van der Waals surface area contributed by atoms with Gasteiger partial charge in [-0.2, -0.15) is 0 Å². The van der Waals surface area contributed by atoms with Gasteiger partial charge in [-0.15, -0.1) is 0 Å². The second kappa shape index (κ2) is 11.0. The number of benzene rings is 1. The van der Waals surface area contributed by atoms with Crippen molar-refractivity contribution in [3.05, 3.63) is 36.0 Å². The minimum atomic E-state index is -0.829. The summed E-state index contributed by atoms with van der Waals surface area (Å²) >= 11 is 0. The van der Waals surface area contributed by atoms with E-state index in [0.29, 0.717) is 26.0 Å². The number of hydrogen-bond acceptors (Lipinski definition) is 7. The van der Waals surface area contributed by atoms with Crippen LogP contribution in [0.1, 0.15) is 31.4 Å². The molecule has 0 radical (unpaired) electrons. The number of methoxy groups -OCH3 is 1. The van der Waals surface area contributed by atoms with Crippen molar-refractivity contribution >= 4 is 44.8 Å². The molecule has 162 valence electrons. The lowest BCUT2D eigenvalue weighted by atomic mass is 9.98. The van der Waals surface area contributed by atoms with Crippen LogP contribution in [0.25, 0.3) is 10.9 Å². The summed E-state index contributed by atoms with van der Waals surface area (Å²) < 4.78 is 10.9. The maximum absolute atomic E-state index is 13.4. The van der Waals surface area contributed by atoms with Gasteiger partial charge in [0, 0.05) is 36.2 Å². The molecule has 1 N–H and O–H groups in total. The maximum atomic E-state index is 13.4. The predicted octanol–water partition coefficient (Wildman–Crippen LogP) is 3.39. The predicted molar refractivity (Wildman–Crippen MR) is 120 cm³/mol. The summed E-state index contributed by atoms with van der Waals surface area (Å²) in [6.45, 7) is 2.83. The molecule has 7 nitrogen and oxygen atoms in total. The first-order valence-electron chi connectivity index (χ1n) is 9.82. The molecule has 1 aromatic heterocycles. The minimum Gasteiger partial charge on any atom is -0.383 e. The molecule has 2 amide bonds. The molecular weight excluding hydrogens is 422 g/mol. The van der Waals surface area contributed by atoms with Gasteiger partial charge in [0.1, 0.15) is 12.3 Å². The van der Waals surface area contributed by atoms with Crippen LogP contribution in [0.3, 0.4) is 0 Å². The monoisotopic (exact) mass is 449 g/mol. The largest absolute Gasteiger partial charge is 0.383 e. The normalized spacial score (nSPS) is 18.2. The fourth-order valence-corrected chi connectivity index (χ4v) is 5.19. The van der Waals surface area contributed by atoms with E-state index in [1.807, 2.05) is 37.4 Å². The smallest absolute Gasteiger partial charge is 0.247 e. The summed E-state index contributed by atoms with van der Waals surface area (Å²) in [6.07, 6.45) is 5.59. The van der Waals surface area contributed by atoms with Gasteiger partial charge in [0.05, 0.1) is 12.1 Å². The minimum absolute atomic E-state index is 0.196. The van der Waals surface area contributed by atoms with Crippen LogP contribution in [0.15, 0.2) is 35.4 Å². The molecule has 1 fully saturated rings. The third kappa shape index (κ3) is 5.08. The SMILES string of the molecule is COCC(C)NC(=O)C(c1ccc(SSC)c2ncccc12)N(C=O)C1CCCO1. The topological polar surface area (TPSA) is 80.8 Å². The standard InChI is InChI=1S/C21H27N3O4S2/c1-14(12-27-2)23-21(26)20(24(13-25)18-7-5-11-28-18)16-8-9-17(30-29-3)19-15(16)6-4-10-22-19/h4,6,8-10,13-14,18,20H,5,7,11-12H2,1-3H3,(H,23,26). The van der Waals surface area contributed by atoms with Gasteiger partial charge in [0.2, 0.25) is 12.3 Å². The number of fused-ring (bicyclic) bond motifs is 1. The van der Waals surface area contributed by atoms with E-state index in [1.165, 1.54) is 4.90 Å². The highest BCUT2D eigenvalue weighted by molar-refractivity contribution is 8.76. The Morgan fingerprint density at radius 1 is 1.47 bits per heavy atom. The summed E-state index contributed by atoms with van der Waals surface area (Å²) in [5.41, 5.74) is 1.54. The third-order valence-electron chi connectivity index (χ3n) is 4.95. The molecule has 3 rings (SSSR count). The molecule has 3 atom stereocenters. The maximum Gasteiger partial charge on any atom is 0.247 e. The van der Waals surface area contributed by atoms with Crippen molar-refractivity contribution in [3.8, 4) is 0 Å². The highest BCUT2D eigenvalue weighted by atomic mass is 33.1. The zero-order valence-corrected chi connectivity index (χ0v) is 19.0.